The second-order valence-corrected chi connectivity index (χ2v) is 4.25. The highest BCUT2D eigenvalue weighted by atomic mass is 16.5. The van der Waals surface area contributed by atoms with Crippen LogP contribution in [0.2, 0.25) is 0 Å². The molecule has 0 aromatic heterocycles. The predicted molar refractivity (Wildman–Crippen MR) is 64.1 cm³/mol. The highest BCUT2D eigenvalue weighted by Crippen LogP contribution is 2.14. The van der Waals surface area contributed by atoms with Crippen LogP contribution in [-0.4, -0.2) is 19.3 Å². The number of anilines is 1. The van der Waals surface area contributed by atoms with Crippen LogP contribution in [0, 0.1) is 0 Å². The van der Waals surface area contributed by atoms with Crippen LogP contribution in [0.15, 0.2) is 24.3 Å². The minimum absolute atomic E-state index is 0.287. The quantitative estimate of drug-likeness (QED) is 0.794. The fraction of sp³-hybridized carbons (Fsp3) is 0.538. The van der Waals surface area contributed by atoms with Crippen molar-refractivity contribution in [2.24, 2.45) is 0 Å². The average molecular weight is 221 g/mol. The molecule has 0 aliphatic carbocycles. The molecule has 1 aromatic rings. The maximum atomic E-state index is 5.69. The van der Waals surface area contributed by atoms with Crippen molar-refractivity contribution in [1.29, 1.82) is 0 Å². The third-order valence-corrected chi connectivity index (χ3v) is 2.80. The zero-order chi connectivity index (χ0) is 11.2. The molecule has 0 amide bonds. The molecule has 3 heteroatoms. The first-order valence-electron chi connectivity index (χ1n) is 5.88. The molecular formula is C13H19NO2. The minimum atomic E-state index is 0.287. The average Bonchev–Trinajstić information content (AvgIpc) is 2.30. The molecule has 88 valence electrons. The summed E-state index contributed by atoms with van der Waals surface area (Å²) in [6, 6.07) is 7.80. The van der Waals surface area contributed by atoms with Gasteiger partial charge in [-0.05, 0) is 37.0 Å². The Bertz CT molecular complexity index is 321. The molecule has 1 aromatic carbocycles. The summed E-state index contributed by atoms with van der Waals surface area (Å²) in [5, 5.41) is 0. The molecule has 1 aliphatic heterocycles. The summed E-state index contributed by atoms with van der Waals surface area (Å²) >= 11 is 0. The summed E-state index contributed by atoms with van der Waals surface area (Å²) in [7, 11) is 0. The van der Waals surface area contributed by atoms with E-state index in [1.165, 1.54) is 12.8 Å². The van der Waals surface area contributed by atoms with Crippen LogP contribution in [0.5, 0.6) is 0 Å². The van der Waals surface area contributed by atoms with Crippen molar-refractivity contribution in [3.05, 3.63) is 29.8 Å². The van der Waals surface area contributed by atoms with Gasteiger partial charge in [0.05, 0.1) is 19.3 Å². The molecular weight excluding hydrogens is 202 g/mol. The number of hydrogen-bond donors (Lipinski definition) is 1. The van der Waals surface area contributed by atoms with Gasteiger partial charge in [0, 0.05) is 12.3 Å². The van der Waals surface area contributed by atoms with Gasteiger partial charge in [0.15, 0.2) is 0 Å². The van der Waals surface area contributed by atoms with Crippen LogP contribution >= 0.6 is 0 Å². The van der Waals surface area contributed by atoms with Crippen molar-refractivity contribution in [3.63, 3.8) is 0 Å². The molecule has 0 saturated carbocycles. The minimum Gasteiger partial charge on any atom is -0.399 e. The number of ether oxygens (including phenoxy) is 2. The van der Waals surface area contributed by atoms with Crippen LogP contribution in [0.3, 0.4) is 0 Å². The zero-order valence-corrected chi connectivity index (χ0v) is 9.52. The Labute approximate surface area is 96.5 Å². The van der Waals surface area contributed by atoms with Crippen LogP contribution < -0.4 is 5.73 Å². The molecule has 3 nitrogen and oxygen atoms in total. The Morgan fingerprint density at radius 1 is 1.38 bits per heavy atom. The Kier molecular flexibility index (Phi) is 4.19. The molecule has 0 spiro atoms. The lowest BCUT2D eigenvalue weighted by Crippen LogP contribution is -2.24. The lowest BCUT2D eigenvalue weighted by atomic mass is 10.1. The van der Waals surface area contributed by atoms with Crippen molar-refractivity contribution in [2.45, 2.75) is 32.0 Å². The van der Waals surface area contributed by atoms with Crippen molar-refractivity contribution in [3.8, 4) is 0 Å². The fourth-order valence-electron chi connectivity index (χ4n) is 1.93. The van der Waals surface area contributed by atoms with E-state index in [0.717, 1.165) is 24.3 Å². The van der Waals surface area contributed by atoms with Gasteiger partial charge in [-0.1, -0.05) is 12.1 Å². The normalized spacial score (nSPS) is 20.9. The van der Waals surface area contributed by atoms with E-state index in [2.05, 4.69) is 0 Å². The molecule has 0 unspecified atom stereocenters. The zero-order valence-electron chi connectivity index (χ0n) is 9.52. The van der Waals surface area contributed by atoms with Crippen molar-refractivity contribution in [2.75, 3.05) is 18.9 Å². The first-order valence-corrected chi connectivity index (χ1v) is 5.88. The highest BCUT2D eigenvalue weighted by molar-refractivity contribution is 5.40. The lowest BCUT2D eigenvalue weighted by Gasteiger charge is -2.22. The maximum Gasteiger partial charge on any atom is 0.0808 e. The third-order valence-electron chi connectivity index (χ3n) is 2.80. The first-order chi connectivity index (χ1) is 7.84. The van der Waals surface area contributed by atoms with E-state index in [1.807, 2.05) is 24.3 Å². The Balaban J connectivity index is 1.71. The summed E-state index contributed by atoms with van der Waals surface area (Å²) < 4.78 is 11.2. The monoisotopic (exact) mass is 221 g/mol. The SMILES string of the molecule is Nc1cccc(COC[C@@H]2CCCCO2)c1. The predicted octanol–water partition coefficient (Wildman–Crippen LogP) is 2.35. The van der Waals surface area contributed by atoms with Crippen LogP contribution in [0.4, 0.5) is 5.69 Å². The number of hydrogen-bond acceptors (Lipinski definition) is 3. The van der Waals surface area contributed by atoms with Gasteiger partial charge in [0.2, 0.25) is 0 Å². The van der Waals surface area contributed by atoms with Crippen LogP contribution in [0.1, 0.15) is 24.8 Å². The molecule has 1 saturated heterocycles. The van der Waals surface area contributed by atoms with Gasteiger partial charge in [-0.3, -0.25) is 0 Å². The van der Waals surface area contributed by atoms with E-state index in [9.17, 15) is 0 Å². The number of nitrogen functional groups attached to an aromatic ring is 1. The van der Waals surface area contributed by atoms with Gasteiger partial charge in [-0.25, -0.2) is 0 Å². The van der Waals surface area contributed by atoms with E-state index in [0.29, 0.717) is 13.2 Å². The summed E-state index contributed by atoms with van der Waals surface area (Å²) in [5.74, 6) is 0. The second-order valence-electron chi connectivity index (χ2n) is 4.25. The topological polar surface area (TPSA) is 44.5 Å². The number of benzene rings is 1. The molecule has 0 radical (unpaired) electrons. The van der Waals surface area contributed by atoms with E-state index in [4.69, 9.17) is 15.2 Å². The molecule has 1 heterocycles. The number of rotatable bonds is 4. The highest BCUT2D eigenvalue weighted by Gasteiger charge is 2.13. The molecule has 16 heavy (non-hydrogen) atoms. The van der Waals surface area contributed by atoms with E-state index in [-0.39, 0.29) is 6.10 Å². The first kappa shape index (κ1) is 11.4. The largest absolute Gasteiger partial charge is 0.399 e. The lowest BCUT2D eigenvalue weighted by molar-refractivity contribution is -0.0447. The van der Waals surface area contributed by atoms with E-state index < -0.39 is 0 Å². The molecule has 1 fully saturated rings. The van der Waals surface area contributed by atoms with Crippen molar-refractivity contribution in [1.82, 2.24) is 0 Å². The molecule has 0 bridgehead atoms. The summed E-state index contributed by atoms with van der Waals surface area (Å²) in [6.45, 7) is 2.19. The third kappa shape index (κ3) is 3.51. The summed E-state index contributed by atoms with van der Waals surface area (Å²) in [6.07, 6.45) is 3.85. The molecule has 1 aliphatic rings. The van der Waals surface area contributed by atoms with E-state index in [1.54, 1.807) is 0 Å². The maximum absolute atomic E-state index is 5.69. The smallest absolute Gasteiger partial charge is 0.0808 e. The molecule has 2 N–H and O–H groups in total. The van der Waals surface area contributed by atoms with Gasteiger partial charge >= 0.3 is 0 Å². The second kappa shape index (κ2) is 5.87. The van der Waals surface area contributed by atoms with Gasteiger partial charge in [0.1, 0.15) is 0 Å². The molecule has 2 rings (SSSR count). The van der Waals surface area contributed by atoms with E-state index >= 15 is 0 Å². The van der Waals surface area contributed by atoms with Crippen LogP contribution in [-0.2, 0) is 16.1 Å². The fourth-order valence-corrected chi connectivity index (χ4v) is 1.93. The van der Waals surface area contributed by atoms with Gasteiger partial charge < -0.3 is 15.2 Å². The summed E-state index contributed by atoms with van der Waals surface area (Å²) in [4.78, 5) is 0. The Hall–Kier alpha value is -1.06. The Morgan fingerprint density at radius 3 is 3.06 bits per heavy atom. The standard InChI is InChI=1S/C13H19NO2/c14-12-5-3-4-11(8-12)9-15-10-13-6-1-2-7-16-13/h3-5,8,13H,1-2,6-7,9-10,14H2/t13-/m0/s1. The molecule has 1 atom stereocenters. The van der Waals surface area contributed by atoms with Gasteiger partial charge in [-0.15, -0.1) is 0 Å². The van der Waals surface area contributed by atoms with Crippen molar-refractivity contribution < 1.29 is 9.47 Å². The van der Waals surface area contributed by atoms with Crippen LogP contribution in [0.25, 0.3) is 0 Å². The van der Waals surface area contributed by atoms with Gasteiger partial charge in [0.25, 0.3) is 0 Å². The number of nitrogens with two attached hydrogens (primary N) is 1. The van der Waals surface area contributed by atoms with Crippen molar-refractivity contribution >= 4 is 5.69 Å². The summed E-state index contributed by atoms with van der Waals surface area (Å²) in [5.41, 5.74) is 7.60. The van der Waals surface area contributed by atoms with Gasteiger partial charge in [-0.2, -0.15) is 0 Å². The Morgan fingerprint density at radius 2 is 2.31 bits per heavy atom.